The minimum Gasteiger partial charge on any atom is -0.764 e. The quantitative estimate of drug-likeness (QED) is 0.323. The van der Waals surface area contributed by atoms with Crippen molar-refractivity contribution >= 4 is 29.5 Å². The third-order valence-corrected chi connectivity index (χ3v) is 3.37. The molecule has 1 saturated heterocycles. The molecule has 1 fully saturated rings. The molecule has 0 atom stereocenters. The number of nitrogens with zero attached hydrogens (tertiary/aromatic N) is 5. The molecule has 116 valence electrons. The van der Waals surface area contributed by atoms with E-state index in [0.29, 0.717) is 12.4 Å². The molecule has 1 aliphatic rings. The van der Waals surface area contributed by atoms with E-state index >= 15 is 0 Å². The molecule has 0 radical (unpaired) electrons. The van der Waals surface area contributed by atoms with E-state index in [1.165, 1.54) is 0 Å². The lowest BCUT2D eigenvalue weighted by Crippen LogP contribution is -2.64. The second-order valence-electron chi connectivity index (χ2n) is 4.85. The third-order valence-electron chi connectivity index (χ3n) is 3.13. The van der Waals surface area contributed by atoms with Gasteiger partial charge in [0.15, 0.2) is 0 Å². The summed E-state index contributed by atoms with van der Waals surface area (Å²) in [6.45, 7) is 6.12. The molecule has 2 heterocycles. The Morgan fingerprint density at radius 1 is 1.52 bits per heavy atom. The first-order chi connectivity index (χ1) is 10.1. The highest BCUT2D eigenvalue weighted by atomic mass is 32.1. The average Bonchev–Trinajstić information content (AvgIpc) is 2.88. The third kappa shape index (κ3) is 4.64. The van der Waals surface area contributed by atoms with Gasteiger partial charge in [-0.1, -0.05) is 5.04 Å². The minimum absolute atomic E-state index is 0.0817. The lowest BCUT2D eigenvalue weighted by atomic mass is 10.4. The average molecular weight is 312 g/mol. The minimum atomic E-state index is -0.141. The van der Waals surface area contributed by atoms with Crippen LogP contribution in [0.5, 0.6) is 0 Å². The standard InChI is InChI=1S/C12H20N6O2S/c1-3-13-10(19)8-12(21)14-11-9-18(15-20-11)17-6-4-16(2)5-7-17/h9H,3-8H2,1-2H3,(H-,13,14,15,19,21). The fourth-order valence-corrected chi connectivity index (χ4v) is 2.19. The molecule has 0 aromatic carbocycles. The molecule has 1 aliphatic heterocycles. The van der Waals surface area contributed by atoms with Gasteiger partial charge < -0.3 is 22.8 Å². The van der Waals surface area contributed by atoms with Crippen molar-refractivity contribution in [1.29, 1.82) is 0 Å². The van der Waals surface area contributed by atoms with Gasteiger partial charge in [-0.25, -0.2) is 4.99 Å². The summed E-state index contributed by atoms with van der Waals surface area (Å²) in [5.74, 6) is 0.168. The molecule has 0 spiro atoms. The summed E-state index contributed by atoms with van der Waals surface area (Å²) in [4.78, 5) is 19.4. The van der Waals surface area contributed by atoms with E-state index in [9.17, 15) is 4.79 Å². The number of piperazine rings is 1. The molecule has 0 saturated carbocycles. The summed E-state index contributed by atoms with van der Waals surface area (Å²) in [6.07, 6.45) is 1.76. The van der Waals surface area contributed by atoms with Gasteiger partial charge in [-0.05, 0) is 14.0 Å². The van der Waals surface area contributed by atoms with Crippen LogP contribution in [0.4, 0.5) is 5.88 Å². The Bertz CT molecular complexity index is 510. The highest BCUT2D eigenvalue weighted by Crippen LogP contribution is 2.08. The number of amides is 1. The molecule has 0 bridgehead atoms. The van der Waals surface area contributed by atoms with E-state index in [2.05, 4.69) is 32.5 Å². The normalized spacial score (nSPS) is 17.0. The van der Waals surface area contributed by atoms with E-state index in [4.69, 9.17) is 17.2 Å². The number of hydrogen-bond donors (Lipinski definition) is 1. The monoisotopic (exact) mass is 312 g/mol. The lowest BCUT2D eigenvalue weighted by Gasteiger charge is -2.26. The molecule has 2 rings (SSSR count). The van der Waals surface area contributed by atoms with Gasteiger partial charge >= 0.3 is 5.88 Å². The van der Waals surface area contributed by atoms with Crippen LogP contribution in [0, 0.1) is 0 Å². The fraction of sp³-hybridized carbons (Fsp3) is 0.667. The van der Waals surface area contributed by atoms with Crippen molar-refractivity contribution < 1.29 is 14.1 Å². The van der Waals surface area contributed by atoms with Gasteiger partial charge in [0.05, 0.1) is 17.9 Å². The molecule has 1 aromatic rings. The Hall–Kier alpha value is -1.74. The number of hydrogen-bond acceptors (Lipinski definition) is 7. The second kappa shape index (κ2) is 7.32. The fourth-order valence-electron chi connectivity index (χ4n) is 1.97. The van der Waals surface area contributed by atoms with Crippen LogP contribution in [-0.4, -0.2) is 60.9 Å². The van der Waals surface area contributed by atoms with Gasteiger partial charge in [-0.3, -0.25) is 9.32 Å². The largest absolute Gasteiger partial charge is 0.764 e. The number of nitrogens with one attached hydrogen (secondary N) is 1. The van der Waals surface area contributed by atoms with Crippen molar-refractivity contribution in [1.82, 2.24) is 15.5 Å². The predicted molar refractivity (Wildman–Crippen MR) is 79.9 cm³/mol. The van der Waals surface area contributed by atoms with Crippen molar-refractivity contribution in [3.05, 3.63) is 6.20 Å². The first-order valence-electron chi connectivity index (χ1n) is 6.92. The number of aliphatic imine (C=N–C) groups is 1. The summed E-state index contributed by atoms with van der Waals surface area (Å²) in [5, 5.41) is 8.95. The molecule has 9 heteroatoms. The Morgan fingerprint density at radius 2 is 2.24 bits per heavy atom. The summed E-state index contributed by atoms with van der Waals surface area (Å²) < 4.78 is 5.13. The van der Waals surface area contributed by atoms with E-state index in [1.807, 2.05) is 6.92 Å². The number of carbonyl (C=O) groups excluding carboxylic acids is 1. The topological polar surface area (TPSA) is 77.9 Å². The summed E-state index contributed by atoms with van der Waals surface area (Å²) in [6, 6.07) is 0. The predicted octanol–water partition coefficient (Wildman–Crippen LogP) is -1.05. The number of likely N-dealkylation sites (N-methyl/N-ethyl adjacent to an activating group) is 1. The number of aromatic nitrogens is 2. The Morgan fingerprint density at radius 3 is 2.90 bits per heavy atom. The zero-order valence-electron chi connectivity index (χ0n) is 12.3. The van der Waals surface area contributed by atoms with Crippen LogP contribution in [0.15, 0.2) is 15.7 Å². The van der Waals surface area contributed by atoms with Crippen LogP contribution in [0.2, 0.25) is 0 Å². The van der Waals surface area contributed by atoms with Crippen molar-refractivity contribution in [2.45, 2.75) is 13.3 Å². The molecule has 1 aromatic heterocycles. The maximum Gasteiger partial charge on any atom is 0.323 e. The van der Waals surface area contributed by atoms with Gasteiger partial charge in [0.1, 0.15) is 0 Å². The maximum atomic E-state index is 11.4. The van der Waals surface area contributed by atoms with Crippen LogP contribution < -0.4 is 15.1 Å². The van der Waals surface area contributed by atoms with Gasteiger partial charge in [0, 0.05) is 26.1 Å². The molecule has 1 amide bonds. The highest BCUT2D eigenvalue weighted by molar-refractivity contribution is 7.77. The van der Waals surface area contributed by atoms with Crippen molar-refractivity contribution in [3.63, 3.8) is 0 Å². The van der Waals surface area contributed by atoms with Gasteiger partial charge in [0.2, 0.25) is 11.2 Å². The molecule has 0 aliphatic carbocycles. The van der Waals surface area contributed by atoms with E-state index in [0.717, 1.165) is 26.2 Å². The van der Waals surface area contributed by atoms with Crippen molar-refractivity contribution in [2.75, 3.05) is 44.8 Å². The Labute approximate surface area is 129 Å². The smallest absolute Gasteiger partial charge is 0.323 e. The Kier molecular flexibility index (Phi) is 5.45. The number of rotatable bonds is 5. The van der Waals surface area contributed by atoms with Crippen LogP contribution in [0.1, 0.15) is 13.3 Å². The molecular weight excluding hydrogens is 292 g/mol. The zero-order valence-corrected chi connectivity index (χ0v) is 13.1. The lowest BCUT2D eigenvalue weighted by molar-refractivity contribution is -0.759. The van der Waals surface area contributed by atoms with Crippen LogP contribution in [-0.2, 0) is 17.4 Å². The summed E-state index contributed by atoms with van der Waals surface area (Å²) in [5.41, 5.74) is 0. The first kappa shape index (κ1) is 15.6. The van der Waals surface area contributed by atoms with Gasteiger partial charge in [-0.15, -0.1) is 0 Å². The first-order valence-corrected chi connectivity index (χ1v) is 7.33. The zero-order chi connectivity index (χ0) is 15.2. The van der Waals surface area contributed by atoms with Gasteiger partial charge in [0.25, 0.3) is 6.20 Å². The maximum absolute atomic E-state index is 11.4. The van der Waals surface area contributed by atoms with Crippen molar-refractivity contribution in [3.8, 4) is 0 Å². The van der Waals surface area contributed by atoms with Crippen molar-refractivity contribution in [2.24, 2.45) is 4.99 Å². The second-order valence-corrected chi connectivity index (χ2v) is 5.32. The van der Waals surface area contributed by atoms with Gasteiger partial charge in [-0.2, -0.15) is 5.01 Å². The molecule has 1 N–H and O–H groups in total. The van der Waals surface area contributed by atoms with Crippen LogP contribution >= 0.6 is 0 Å². The summed E-state index contributed by atoms with van der Waals surface area (Å²) >= 11 is 5.06. The molecular formula is C12H20N6O2S. The van der Waals surface area contributed by atoms with Crippen LogP contribution in [0.25, 0.3) is 0 Å². The summed E-state index contributed by atoms with van der Waals surface area (Å²) in [7, 11) is 2.09. The SMILES string of the molecule is CCNC(=O)CC([S-])=Nc1c[n+](N2CCN(C)CC2)no1. The van der Waals surface area contributed by atoms with E-state index < -0.39 is 0 Å². The Balaban J connectivity index is 1.94. The van der Waals surface area contributed by atoms with E-state index in [1.54, 1.807) is 11.0 Å². The molecule has 21 heavy (non-hydrogen) atoms. The van der Waals surface area contributed by atoms with Crippen LogP contribution in [0.3, 0.4) is 0 Å². The highest BCUT2D eigenvalue weighted by Gasteiger charge is 2.24. The molecule has 0 unspecified atom stereocenters. The van der Waals surface area contributed by atoms with E-state index in [-0.39, 0.29) is 17.4 Å². The molecule has 8 nitrogen and oxygen atoms in total. The number of carbonyl (C=O) groups is 1.